The summed E-state index contributed by atoms with van der Waals surface area (Å²) >= 11 is 0. The Balaban J connectivity index is 1.71. The Morgan fingerprint density at radius 3 is 2.78 bits per heavy atom. The van der Waals surface area contributed by atoms with Gasteiger partial charge in [0.25, 0.3) is 0 Å². The molecule has 2 aromatic rings. The molecule has 0 aliphatic carbocycles. The Bertz CT molecular complexity index is 898. The molecule has 1 N–H and O–H groups in total. The van der Waals surface area contributed by atoms with Gasteiger partial charge in [-0.2, -0.15) is 4.31 Å². The molecule has 1 heterocycles. The number of benzene rings is 2. The van der Waals surface area contributed by atoms with Crippen molar-refractivity contribution in [3.63, 3.8) is 0 Å². The van der Waals surface area contributed by atoms with Crippen LogP contribution in [0.15, 0.2) is 47.4 Å². The first-order chi connectivity index (χ1) is 13.0. The van der Waals surface area contributed by atoms with Crippen LogP contribution < -0.4 is 5.32 Å². The summed E-state index contributed by atoms with van der Waals surface area (Å²) in [6, 6.07) is 12.9. The van der Waals surface area contributed by atoms with Crippen molar-refractivity contribution in [3.8, 4) is 0 Å². The molecular weight excluding hydrogens is 364 g/mol. The van der Waals surface area contributed by atoms with Crippen LogP contribution in [0.4, 0.5) is 0 Å². The molecule has 1 saturated heterocycles. The molecule has 7 heteroatoms. The number of hydrogen-bond donors (Lipinski definition) is 1. The van der Waals surface area contributed by atoms with Crippen LogP contribution in [0.2, 0.25) is 0 Å². The number of piperidine rings is 1. The highest BCUT2D eigenvalue weighted by Gasteiger charge is 2.33. The first-order valence-corrected chi connectivity index (χ1v) is 10.7. The zero-order valence-electron chi connectivity index (χ0n) is 15.6. The van der Waals surface area contributed by atoms with E-state index in [1.54, 1.807) is 19.2 Å². The van der Waals surface area contributed by atoms with Gasteiger partial charge in [0, 0.05) is 33.4 Å². The van der Waals surface area contributed by atoms with Crippen LogP contribution in [0.25, 0.3) is 10.8 Å². The van der Waals surface area contributed by atoms with Crippen molar-refractivity contribution < 1.29 is 17.9 Å². The van der Waals surface area contributed by atoms with E-state index in [0.29, 0.717) is 32.5 Å². The largest absolute Gasteiger partial charge is 0.385 e. The van der Waals surface area contributed by atoms with Crippen LogP contribution in [0, 0.1) is 5.92 Å². The van der Waals surface area contributed by atoms with Gasteiger partial charge in [0.2, 0.25) is 15.9 Å². The van der Waals surface area contributed by atoms with Crippen LogP contribution >= 0.6 is 0 Å². The van der Waals surface area contributed by atoms with Crippen molar-refractivity contribution in [2.24, 2.45) is 5.92 Å². The highest BCUT2D eigenvalue weighted by molar-refractivity contribution is 7.89. The molecule has 1 aliphatic heterocycles. The van der Waals surface area contributed by atoms with Crippen molar-refractivity contribution in [2.75, 3.05) is 33.4 Å². The number of sulfonamides is 1. The summed E-state index contributed by atoms with van der Waals surface area (Å²) in [5.74, 6) is -0.388. The second kappa shape index (κ2) is 8.82. The molecule has 0 aromatic heterocycles. The molecule has 0 spiro atoms. The molecule has 1 atom stereocenters. The Labute approximate surface area is 160 Å². The molecule has 27 heavy (non-hydrogen) atoms. The van der Waals surface area contributed by atoms with Gasteiger partial charge < -0.3 is 10.1 Å². The first-order valence-electron chi connectivity index (χ1n) is 9.28. The molecule has 0 saturated carbocycles. The van der Waals surface area contributed by atoms with Gasteiger partial charge >= 0.3 is 0 Å². The first kappa shape index (κ1) is 19.8. The second-order valence-electron chi connectivity index (χ2n) is 6.85. The third-order valence-corrected chi connectivity index (χ3v) is 6.80. The minimum Gasteiger partial charge on any atom is -0.385 e. The van der Waals surface area contributed by atoms with E-state index in [4.69, 9.17) is 4.74 Å². The molecule has 1 fully saturated rings. The summed E-state index contributed by atoms with van der Waals surface area (Å²) in [7, 11) is -1.99. The minimum atomic E-state index is -3.62. The van der Waals surface area contributed by atoms with Crippen molar-refractivity contribution in [3.05, 3.63) is 42.5 Å². The molecule has 2 aromatic carbocycles. The molecule has 0 radical (unpaired) electrons. The fourth-order valence-corrected chi connectivity index (χ4v) is 4.98. The van der Waals surface area contributed by atoms with Gasteiger partial charge in [0.15, 0.2) is 0 Å². The fourth-order valence-electron chi connectivity index (χ4n) is 3.42. The Kier molecular flexibility index (Phi) is 6.46. The SMILES string of the molecule is COCCCNC(=O)C1CCCN(S(=O)(=O)c2ccc3ccccc3c2)C1. The van der Waals surface area contributed by atoms with Crippen molar-refractivity contribution >= 4 is 26.7 Å². The zero-order chi connectivity index (χ0) is 19.3. The van der Waals surface area contributed by atoms with Gasteiger partial charge in [-0.05, 0) is 42.2 Å². The third kappa shape index (κ3) is 4.66. The summed E-state index contributed by atoms with van der Waals surface area (Å²) in [5, 5.41) is 4.78. The predicted octanol–water partition coefficient (Wildman–Crippen LogP) is 2.39. The average molecular weight is 391 g/mol. The fraction of sp³-hybridized carbons (Fsp3) is 0.450. The maximum Gasteiger partial charge on any atom is 0.243 e. The number of carbonyl (C=O) groups excluding carboxylic acids is 1. The van der Waals surface area contributed by atoms with E-state index in [-0.39, 0.29) is 23.3 Å². The quantitative estimate of drug-likeness (QED) is 0.737. The van der Waals surface area contributed by atoms with Gasteiger partial charge in [0.1, 0.15) is 0 Å². The average Bonchev–Trinajstić information content (AvgIpc) is 2.70. The summed E-state index contributed by atoms with van der Waals surface area (Å²) in [6.45, 7) is 1.81. The summed E-state index contributed by atoms with van der Waals surface area (Å²) in [6.07, 6.45) is 2.14. The number of nitrogens with one attached hydrogen (secondary N) is 1. The van der Waals surface area contributed by atoms with Crippen molar-refractivity contribution in [2.45, 2.75) is 24.2 Å². The van der Waals surface area contributed by atoms with Crippen LogP contribution in [0.1, 0.15) is 19.3 Å². The number of hydrogen-bond acceptors (Lipinski definition) is 4. The van der Waals surface area contributed by atoms with E-state index in [0.717, 1.165) is 17.2 Å². The number of nitrogens with zero attached hydrogens (tertiary/aromatic N) is 1. The maximum atomic E-state index is 13.1. The number of ether oxygens (including phenoxy) is 1. The van der Waals surface area contributed by atoms with Crippen LogP contribution in [-0.4, -0.2) is 52.0 Å². The number of rotatable bonds is 7. The molecule has 3 rings (SSSR count). The normalized spacial score (nSPS) is 18.5. The van der Waals surface area contributed by atoms with E-state index in [2.05, 4.69) is 5.32 Å². The maximum absolute atomic E-state index is 13.1. The van der Waals surface area contributed by atoms with Crippen LogP contribution in [-0.2, 0) is 19.6 Å². The number of carbonyl (C=O) groups is 1. The van der Waals surface area contributed by atoms with Gasteiger partial charge in [0.05, 0.1) is 10.8 Å². The summed E-state index contributed by atoms with van der Waals surface area (Å²) < 4.78 is 32.6. The van der Waals surface area contributed by atoms with E-state index >= 15 is 0 Å². The summed E-state index contributed by atoms with van der Waals surface area (Å²) in [4.78, 5) is 12.7. The van der Waals surface area contributed by atoms with E-state index in [9.17, 15) is 13.2 Å². The van der Waals surface area contributed by atoms with Gasteiger partial charge in [-0.1, -0.05) is 30.3 Å². The number of fused-ring (bicyclic) bond motifs is 1. The molecule has 1 amide bonds. The third-order valence-electron chi connectivity index (χ3n) is 4.94. The second-order valence-corrected chi connectivity index (χ2v) is 8.79. The van der Waals surface area contributed by atoms with Crippen molar-refractivity contribution in [1.82, 2.24) is 9.62 Å². The topological polar surface area (TPSA) is 75.7 Å². The zero-order valence-corrected chi connectivity index (χ0v) is 16.4. The lowest BCUT2D eigenvalue weighted by Gasteiger charge is -2.31. The molecule has 146 valence electrons. The lowest BCUT2D eigenvalue weighted by molar-refractivity contribution is -0.126. The highest BCUT2D eigenvalue weighted by atomic mass is 32.2. The lowest BCUT2D eigenvalue weighted by Crippen LogP contribution is -2.45. The minimum absolute atomic E-state index is 0.0792. The Morgan fingerprint density at radius 2 is 2.00 bits per heavy atom. The smallest absolute Gasteiger partial charge is 0.243 e. The number of amides is 1. The monoisotopic (exact) mass is 390 g/mol. The lowest BCUT2D eigenvalue weighted by atomic mass is 9.99. The van der Waals surface area contributed by atoms with Gasteiger partial charge in [-0.25, -0.2) is 8.42 Å². The van der Waals surface area contributed by atoms with Crippen LogP contribution in [0.3, 0.4) is 0 Å². The van der Waals surface area contributed by atoms with Gasteiger partial charge in [-0.3, -0.25) is 4.79 Å². The summed E-state index contributed by atoms with van der Waals surface area (Å²) in [5.41, 5.74) is 0. The Hall–Kier alpha value is -1.96. The van der Waals surface area contributed by atoms with E-state index < -0.39 is 10.0 Å². The predicted molar refractivity (Wildman–Crippen MR) is 105 cm³/mol. The molecular formula is C20H26N2O4S. The highest BCUT2D eigenvalue weighted by Crippen LogP contribution is 2.26. The standard InChI is InChI=1S/C20H26N2O4S/c1-26-13-5-11-21-20(23)18-8-4-12-22(15-18)27(24,25)19-10-9-16-6-2-3-7-17(16)14-19/h2-3,6-7,9-10,14,18H,4-5,8,11-13,15H2,1H3,(H,21,23). The van der Waals surface area contributed by atoms with E-state index in [1.165, 1.54) is 4.31 Å². The molecule has 6 nitrogen and oxygen atoms in total. The van der Waals surface area contributed by atoms with Crippen LogP contribution in [0.5, 0.6) is 0 Å². The molecule has 1 aliphatic rings. The molecule has 0 bridgehead atoms. The van der Waals surface area contributed by atoms with Gasteiger partial charge in [-0.15, -0.1) is 0 Å². The molecule has 1 unspecified atom stereocenters. The van der Waals surface area contributed by atoms with E-state index in [1.807, 2.05) is 30.3 Å². The van der Waals surface area contributed by atoms with Crippen molar-refractivity contribution in [1.29, 1.82) is 0 Å². The number of methoxy groups -OCH3 is 1. The Morgan fingerprint density at radius 1 is 1.22 bits per heavy atom.